The molecule has 2 aliphatic rings. The van der Waals surface area contributed by atoms with Gasteiger partial charge in [-0.25, -0.2) is 0 Å². The molecule has 3 atom stereocenters. The molecule has 2 aromatic heterocycles. The second kappa shape index (κ2) is 7.38. The van der Waals surface area contributed by atoms with Crippen LogP contribution in [0.2, 0.25) is 0 Å². The molecule has 1 saturated heterocycles. The van der Waals surface area contributed by atoms with Gasteiger partial charge in [0.15, 0.2) is 0 Å². The predicted molar refractivity (Wildman–Crippen MR) is 90.2 cm³/mol. The lowest BCUT2D eigenvalue weighted by molar-refractivity contribution is -0.0614. The number of hydrogen-bond acceptors (Lipinski definition) is 5. The fourth-order valence-electron chi connectivity index (χ4n) is 3.78. The molecule has 5 heteroatoms. The van der Waals surface area contributed by atoms with E-state index in [9.17, 15) is 0 Å². The van der Waals surface area contributed by atoms with Gasteiger partial charge in [-0.15, -0.1) is 0 Å². The van der Waals surface area contributed by atoms with Crippen LogP contribution in [0.1, 0.15) is 24.0 Å². The Balaban J connectivity index is 1.45. The van der Waals surface area contributed by atoms with Gasteiger partial charge in [-0.1, -0.05) is 6.07 Å². The Morgan fingerprint density at radius 2 is 2.00 bits per heavy atom. The van der Waals surface area contributed by atoms with Gasteiger partial charge in [0.05, 0.1) is 25.4 Å². The van der Waals surface area contributed by atoms with Crippen molar-refractivity contribution in [2.24, 2.45) is 0 Å². The smallest absolute Gasteiger partial charge is 0.0995 e. The van der Waals surface area contributed by atoms with Gasteiger partial charge in [0, 0.05) is 43.9 Å². The molecule has 2 fully saturated rings. The van der Waals surface area contributed by atoms with Crippen LogP contribution in [0.4, 0.5) is 0 Å². The normalized spacial score (nSPS) is 27.1. The summed E-state index contributed by atoms with van der Waals surface area (Å²) in [5.74, 6) is 0. The molecule has 0 aromatic carbocycles. The van der Waals surface area contributed by atoms with Crippen molar-refractivity contribution >= 4 is 0 Å². The Hall–Kier alpha value is -1.82. The minimum Gasteiger partial charge on any atom is -0.374 e. The molecule has 0 spiro atoms. The molecule has 1 aliphatic heterocycles. The molecule has 3 heterocycles. The number of nitrogens with zero attached hydrogens (tertiary/aromatic N) is 3. The third-order valence-electron chi connectivity index (χ3n) is 4.97. The van der Waals surface area contributed by atoms with E-state index in [0.29, 0.717) is 12.6 Å². The topological polar surface area (TPSA) is 47.5 Å². The van der Waals surface area contributed by atoms with Crippen molar-refractivity contribution < 1.29 is 9.47 Å². The first-order chi connectivity index (χ1) is 11.9. The number of rotatable bonds is 5. The molecule has 2 aromatic rings. The number of aromatic nitrogens is 2. The van der Waals surface area contributed by atoms with Crippen molar-refractivity contribution in [3.63, 3.8) is 0 Å². The van der Waals surface area contributed by atoms with Crippen LogP contribution in [-0.4, -0.2) is 46.3 Å². The first kappa shape index (κ1) is 15.7. The van der Waals surface area contributed by atoms with Crippen LogP contribution in [0.25, 0.3) is 0 Å². The van der Waals surface area contributed by atoms with Crippen LogP contribution in [0.15, 0.2) is 49.1 Å². The van der Waals surface area contributed by atoms with E-state index in [4.69, 9.17) is 9.47 Å². The molecule has 24 heavy (non-hydrogen) atoms. The Labute approximate surface area is 142 Å². The zero-order valence-corrected chi connectivity index (χ0v) is 13.8. The highest BCUT2D eigenvalue weighted by Gasteiger charge is 2.42. The summed E-state index contributed by atoms with van der Waals surface area (Å²) >= 11 is 0. The number of pyridine rings is 2. The van der Waals surface area contributed by atoms with Crippen molar-refractivity contribution in [3.8, 4) is 0 Å². The molecular formula is C19H23N3O2. The van der Waals surface area contributed by atoms with E-state index in [2.05, 4.69) is 20.9 Å². The third-order valence-corrected chi connectivity index (χ3v) is 4.97. The first-order valence-electron chi connectivity index (χ1n) is 8.65. The summed E-state index contributed by atoms with van der Waals surface area (Å²) in [4.78, 5) is 10.8. The van der Waals surface area contributed by atoms with Crippen LogP contribution in [-0.2, 0) is 22.6 Å². The number of fused-ring (bicyclic) bond motifs is 2. The second-order valence-corrected chi connectivity index (χ2v) is 6.52. The van der Waals surface area contributed by atoms with Gasteiger partial charge in [-0.2, -0.15) is 0 Å². The zero-order chi connectivity index (χ0) is 16.2. The minimum absolute atomic E-state index is 0.136. The summed E-state index contributed by atoms with van der Waals surface area (Å²) in [5.41, 5.74) is 2.41. The molecule has 126 valence electrons. The van der Waals surface area contributed by atoms with Crippen LogP contribution in [0, 0.1) is 0 Å². The molecule has 0 amide bonds. The van der Waals surface area contributed by atoms with Crippen molar-refractivity contribution in [2.75, 3.05) is 13.2 Å². The van der Waals surface area contributed by atoms with E-state index in [0.717, 1.165) is 38.1 Å². The quantitative estimate of drug-likeness (QED) is 0.845. The van der Waals surface area contributed by atoms with Gasteiger partial charge in [0.25, 0.3) is 0 Å². The summed E-state index contributed by atoms with van der Waals surface area (Å²) in [6.07, 6.45) is 9.96. The van der Waals surface area contributed by atoms with Gasteiger partial charge in [-0.05, 0) is 42.2 Å². The molecule has 2 bridgehead atoms. The van der Waals surface area contributed by atoms with Gasteiger partial charge in [0.1, 0.15) is 0 Å². The highest BCUT2D eigenvalue weighted by Crippen LogP contribution is 2.33. The fraction of sp³-hybridized carbons (Fsp3) is 0.474. The summed E-state index contributed by atoms with van der Waals surface area (Å²) < 4.78 is 12.4. The van der Waals surface area contributed by atoms with E-state index < -0.39 is 0 Å². The maximum absolute atomic E-state index is 6.29. The lowest BCUT2D eigenvalue weighted by atomic mass is 10.1. The third kappa shape index (κ3) is 3.48. The SMILES string of the molecule is c1cncc(CN2CCO[C@H]3CC[C@H]2[C@H]3OCc2ccncc2)c1. The largest absolute Gasteiger partial charge is 0.374 e. The van der Waals surface area contributed by atoms with Crippen LogP contribution in [0.3, 0.4) is 0 Å². The molecule has 0 radical (unpaired) electrons. The molecule has 1 saturated carbocycles. The highest BCUT2D eigenvalue weighted by atomic mass is 16.5. The lowest BCUT2D eigenvalue weighted by Crippen LogP contribution is -2.42. The average molecular weight is 325 g/mol. The van der Waals surface area contributed by atoms with Crippen molar-refractivity contribution in [1.82, 2.24) is 14.9 Å². The van der Waals surface area contributed by atoms with Crippen LogP contribution in [0.5, 0.6) is 0 Å². The van der Waals surface area contributed by atoms with Gasteiger partial charge < -0.3 is 9.47 Å². The lowest BCUT2D eigenvalue weighted by Gasteiger charge is -2.31. The van der Waals surface area contributed by atoms with Gasteiger partial charge in [-0.3, -0.25) is 14.9 Å². The summed E-state index contributed by atoms with van der Waals surface area (Å²) in [5, 5.41) is 0. The molecule has 0 N–H and O–H groups in total. The predicted octanol–water partition coefficient (Wildman–Crippen LogP) is 2.43. The molecule has 0 unspecified atom stereocenters. The summed E-state index contributed by atoms with van der Waals surface area (Å²) in [7, 11) is 0. The standard InChI is InChI=1S/C19H23N3O2/c1-2-16(12-21-7-1)13-22-10-11-23-18-4-3-17(22)19(18)24-14-15-5-8-20-9-6-15/h1-2,5-9,12,17-19H,3-4,10-11,13-14H2/t17-,18-,19+/m0/s1. The zero-order valence-electron chi connectivity index (χ0n) is 13.8. The fourth-order valence-corrected chi connectivity index (χ4v) is 3.78. The van der Waals surface area contributed by atoms with Crippen LogP contribution >= 0.6 is 0 Å². The van der Waals surface area contributed by atoms with Crippen molar-refractivity contribution in [2.45, 2.75) is 44.2 Å². The minimum atomic E-state index is 0.136. The average Bonchev–Trinajstić information content (AvgIpc) is 2.94. The van der Waals surface area contributed by atoms with Crippen molar-refractivity contribution in [3.05, 3.63) is 60.2 Å². The molecule has 4 rings (SSSR count). The van der Waals surface area contributed by atoms with Crippen LogP contribution < -0.4 is 0 Å². The van der Waals surface area contributed by atoms with E-state index in [1.54, 1.807) is 0 Å². The number of ether oxygens (including phenoxy) is 2. The van der Waals surface area contributed by atoms with Crippen molar-refractivity contribution in [1.29, 1.82) is 0 Å². The molecule has 1 aliphatic carbocycles. The van der Waals surface area contributed by atoms with E-state index in [1.165, 1.54) is 5.56 Å². The maximum atomic E-state index is 6.29. The number of hydrogen-bond donors (Lipinski definition) is 0. The molecular weight excluding hydrogens is 302 g/mol. The van der Waals surface area contributed by atoms with E-state index in [1.807, 2.05) is 43.0 Å². The van der Waals surface area contributed by atoms with Gasteiger partial charge >= 0.3 is 0 Å². The second-order valence-electron chi connectivity index (χ2n) is 6.52. The van der Waals surface area contributed by atoms with E-state index in [-0.39, 0.29) is 12.2 Å². The Kier molecular flexibility index (Phi) is 4.83. The summed E-state index contributed by atoms with van der Waals surface area (Å²) in [6.45, 7) is 3.25. The monoisotopic (exact) mass is 325 g/mol. The Morgan fingerprint density at radius 1 is 1.08 bits per heavy atom. The maximum Gasteiger partial charge on any atom is 0.0995 e. The Bertz CT molecular complexity index is 638. The molecule has 5 nitrogen and oxygen atoms in total. The Morgan fingerprint density at radius 3 is 2.83 bits per heavy atom. The van der Waals surface area contributed by atoms with E-state index >= 15 is 0 Å². The summed E-state index contributed by atoms with van der Waals surface area (Å²) in [6, 6.07) is 8.57. The first-order valence-corrected chi connectivity index (χ1v) is 8.65. The highest BCUT2D eigenvalue weighted by molar-refractivity contribution is 5.10. The van der Waals surface area contributed by atoms with Gasteiger partial charge in [0.2, 0.25) is 0 Å².